The summed E-state index contributed by atoms with van der Waals surface area (Å²) < 4.78 is 0. The van der Waals surface area contributed by atoms with Crippen molar-refractivity contribution in [2.75, 3.05) is 4.90 Å². The highest BCUT2D eigenvalue weighted by molar-refractivity contribution is 5.87. The molecule has 53 heavy (non-hydrogen) atoms. The zero-order valence-electron chi connectivity index (χ0n) is 31.6. The number of hydrogen-bond acceptors (Lipinski definition) is 1. The predicted octanol–water partition coefficient (Wildman–Crippen LogP) is 14.0. The molecule has 0 bridgehead atoms. The Morgan fingerprint density at radius 2 is 1.09 bits per heavy atom. The second-order valence-corrected chi connectivity index (χ2v) is 16.2. The van der Waals surface area contributed by atoms with Crippen molar-refractivity contribution in [2.24, 2.45) is 0 Å². The monoisotopic (exact) mass is 687 g/mol. The molecule has 3 aliphatic rings. The Hall–Kier alpha value is -5.40. The number of fused-ring (bicyclic) bond motifs is 3. The molecule has 0 fully saturated rings. The van der Waals surface area contributed by atoms with Crippen molar-refractivity contribution in [3.8, 4) is 22.3 Å². The van der Waals surface area contributed by atoms with Crippen LogP contribution in [0.1, 0.15) is 92.2 Å². The summed E-state index contributed by atoms with van der Waals surface area (Å²) >= 11 is 0. The summed E-state index contributed by atoms with van der Waals surface area (Å²) in [4.78, 5) is 2.58. The van der Waals surface area contributed by atoms with Crippen LogP contribution < -0.4 is 4.90 Å². The van der Waals surface area contributed by atoms with Crippen molar-refractivity contribution < 1.29 is 0 Å². The molecule has 6 aromatic rings. The number of rotatable bonds is 7. The van der Waals surface area contributed by atoms with Crippen LogP contribution in [0.4, 0.5) is 11.4 Å². The fraction of sp³-hybridized carbons (Fsp3) is 0.231. The van der Waals surface area contributed by atoms with Gasteiger partial charge < -0.3 is 4.90 Å². The first-order valence-corrected chi connectivity index (χ1v) is 19.7. The van der Waals surface area contributed by atoms with Gasteiger partial charge in [-0.15, -0.1) is 0 Å². The summed E-state index contributed by atoms with van der Waals surface area (Å²) in [6.07, 6.45) is 8.55. The minimum absolute atomic E-state index is 0.0844. The highest BCUT2D eigenvalue weighted by Crippen LogP contribution is 2.56. The van der Waals surface area contributed by atoms with Gasteiger partial charge in [-0.1, -0.05) is 149 Å². The van der Waals surface area contributed by atoms with E-state index in [1.807, 2.05) is 0 Å². The van der Waals surface area contributed by atoms with E-state index < -0.39 is 0 Å². The van der Waals surface area contributed by atoms with E-state index in [1.165, 1.54) is 98.4 Å². The first-order chi connectivity index (χ1) is 25.9. The molecule has 3 aliphatic carbocycles. The second-order valence-electron chi connectivity index (χ2n) is 16.2. The number of aryl methyl sites for hydroxylation is 2. The van der Waals surface area contributed by atoms with Gasteiger partial charge in [0.25, 0.3) is 0 Å². The van der Waals surface area contributed by atoms with Crippen molar-refractivity contribution >= 4 is 16.9 Å². The van der Waals surface area contributed by atoms with Crippen LogP contribution in [-0.2, 0) is 18.3 Å². The van der Waals surface area contributed by atoms with Crippen molar-refractivity contribution in [2.45, 2.75) is 77.0 Å². The van der Waals surface area contributed by atoms with Crippen LogP contribution >= 0.6 is 0 Å². The van der Waals surface area contributed by atoms with Crippen molar-refractivity contribution in [1.82, 2.24) is 0 Å². The minimum atomic E-state index is -0.0844. The van der Waals surface area contributed by atoms with Gasteiger partial charge in [0.15, 0.2) is 0 Å². The van der Waals surface area contributed by atoms with E-state index in [0.29, 0.717) is 5.92 Å². The summed E-state index contributed by atoms with van der Waals surface area (Å²) in [7, 11) is 0. The molecule has 1 unspecified atom stereocenters. The van der Waals surface area contributed by atoms with Gasteiger partial charge in [-0.3, -0.25) is 0 Å². The lowest BCUT2D eigenvalue weighted by atomic mass is 9.73. The quantitative estimate of drug-likeness (QED) is 0.161. The van der Waals surface area contributed by atoms with Gasteiger partial charge in [0.1, 0.15) is 0 Å². The average Bonchev–Trinajstić information content (AvgIpc) is 3.43. The second kappa shape index (κ2) is 13.5. The molecule has 1 heteroatoms. The van der Waals surface area contributed by atoms with Gasteiger partial charge in [0.05, 0.1) is 0 Å². The van der Waals surface area contributed by atoms with Gasteiger partial charge in [0, 0.05) is 28.4 Å². The van der Waals surface area contributed by atoms with Gasteiger partial charge in [0.2, 0.25) is 0 Å². The summed E-state index contributed by atoms with van der Waals surface area (Å²) in [5, 5.41) is 0. The molecule has 0 heterocycles. The maximum atomic E-state index is 2.63. The predicted molar refractivity (Wildman–Crippen MR) is 225 cm³/mol. The number of benzene rings is 6. The number of hydrogen-bond donors (Lipinski definition) is 0. The molecule has 0 saturated heterocycles. The Bertz CT molecular complexity index is 2250. The molecule has 0 amide bonds. The third-order valence-electron chi connectivity index (χ3n) is 12.2. The van der Waals surface area contributed by atoms with Crippen LogP contribution in [0, 0.1) is 0 Å². The normalized spacial score (nSPS) is 17.2. The maximum absolute atomic E-state index is 2.63. The standard InChI is InChI=1S/C52H49N/c1-35(2)45-31-40-19-11-12-20-41(40)32-46(45)48-33-47-44-21-13-14-22-49(44)52(3,4)50(47)34-51(48)53(42-27-23-38(24-28-42)36-15-7-5-8-16-36)43-29-25-39(26-30-43)37-17-9-6-10-18-37/h5-10,13-18,21-32,34-35,48H,11-12,19-20,33H2,1-4H3. The number of anilines is 2. The lowest BCUT2D eigenvalue weighted by molar-refractivity contribution is 0.641. The summed E-state index contributed by atoms with van der Waals surface area (Å²) in [6, 6.07) is 54.4. The lowest BCUT2D eigenvalue weighted by Gasteiger charge is -2.39. The first-order valence-electron chi connectivity index (χ1n) is 19.7. The molecule has 9 rings (SSSR count). The van der Waals surface area contributed by atoms with Crippen LogP contribution in [0.3, 0.4) is 0 Å². The smallest absolute Gasteiger partial charge is 0.0459 e. The SMILES string of the molecule is CC(C)c1cc2c(cc1C1CC3=C(C=C1N(c1ccc(-c4ccccc4)cc1)c1ccc(-c4ccccc4)cc1)C(C)(C)c1ccccc13)CCCC2. The van der Waals surface area contributed by atoms with E-state index in [2.05, 4.69) is 184 Å². The lowest BCUT2D eigenvalue weighted by Crippen LogP contribution is -2.27. The Morgan fingerprint density at radius 1 is 0.585 bits per heavy atom. The van der Waals surface area contributed by atoms with Crippen molar-refractivity contribution in [1.29, 1.82) is 0 Å². The third kappa shape index (κ3) is 5.97. The fourth-order valence-electron chi connectivity index (χ4n) is 9.43. The van der Waals surface area contributed by atoms with Crippen molar-refractivity contribution in [3.05, 3.63) is 196 Å². The highest BCUT2D eigenvalue weighted by atomic mass is 15.2. The van der Waals surface area contributed by atoms with Gasteiger partial charge in [-0.25, -0.2) is 0 Å². The fourth-order valence-corrected chi connectivity index (χ4v) is 9.43. The highest BCUT2D eigenvalue weighted by Gasteiger charge is 2.42. The van der Waals surface area contributed by atoms with Crippen LogP contribution in [0.25, 0.3) is 27.8 Å². The molecule has 1 nitrogen and oxygen atoms in total. The molecular formula is C52H49N. The van der Waals surface area contributed by atoms with E-state index in [-0.39, 0.29) is 11.3 Å². The van der Waals surface area contributed by atoms with Crippen LogP contribution in [-0.4, -0.2) is 0 Å². The van der Waals surface area contributed by atoms with Gasteiger partial charge in [-0.05, 0) is 135 Å². The van der Waals surface area contributed by atoms with Crippen molar-refractivity contribution in [3.63, 3.8) is 0 Å². The van der Waals surface area contributed by atoms with Gasteiger partial charge >= 0.3 is 0 Å². The Labute approximate surface area is 316 Å². The Kier molecular flexibility index (Phi) is 8.54. The molecule has 0 saturated carbocycles. The summed E-state index contributed by atoms with van der Waals surface area (Å²) in [5.74, 6) is 0.632. The third-order valence-corrected chi connectivity index (χ3v) is 12.2. The molecule has 262 valence electrons. The number of allylic oxidation sites excluding steroid dienone is 4. The van der Waals surface area contributed by atoms with E-state index in [4.69, 9.17) is 0 Å². The maximum Gasteiger partial charge on any atom is 0.0459 e. The zero-order chi connectivity index (χ0) is 36.1. The molecule has 0 N–H and O–H groups in total. The first kappa shape index (κ1) is 33.4. The molecule has 0 radical (unpaired) electrons. The van der Waals surface area contributed by atoms with E-state index >= 15 is 0 Å². The zero-order valence-corrected chi connectivity index (χ0v) is 31.6. The summed E-state index contributed by atoms with van der Waals surface area (Å²) in [5.41, 5.74) is 20.6. The largest absolute Gasteiger partial charge is 0.314 e. The Morgan fingerprint density at radius 3 is 1.66 bits per heavy atom. The van der Waals surface area contributed by atoms with E-state index in [9.17, 15) is 0 Å². The molecular weight excluding hydrogens is 639 g/mol. The number of nitrogens with zero attached hydrogens (tertiary/aromatic N) is 1. The minimum Gasteiger partial charge on any atom is -0.314 e. The molecule has 6 aromatic carbocycles. The van der Waals surface area contributed by atoms with Gasteiger partial charge in [-0.2, -0.15) is 0 Å². The van der Waals surface area contributed by atoms with E-state index in [1.54, 1.807) is 11.1 Å². The van der Waals surface area contributed by atoms with Crippen LogP contribution in [0.5, 0.6) is 0 Å². The summed E-state index contributed by atoms with van der Waals surface area (Å²) in [6.45, 7) is 9.63. The average molecular weight is 688 g/mol. The van der Waals surface area contributed by atoms with Crippen LogP contribution in [0.2, 0.25) is 0 Å². The molecule has 0 aliphatic heterocycles. The van der Waals surface area contributed by atoms with E-state index in [0.717, 1.165) is 6.42 Å². The Balaban J connectivity index is 1.26. The molecule has 0 spiro atoms. The topological polar surface area (TPSA) is 3.24 Å². The van der Waals surface area contributed by atoms with Crippen LogP contribution in [0.15, 0.2) is 163 Å². The molecule has 1 atom stereocenters. The molecule has 0 aromatic heterocycles.